The van der Waals surface area contributed by atoms with E-state index in [9.17, 15) is 9.59 Å². The fourth-order valence-corrected chi connectivity index (χ4v) is 3.66. The number of amides is 2. The Labute approximate surface area is 172 Å². The lowest BCUT2D eigenvalue weighted by Crippen LogP contribution is -2.39. The molecule has 0 aromatic heterocycles. The maximum atomic E-state index is 12.6. The van der Waals surface area contributed by atoms with E-state index >= 15 is 0 Å². The molecule has 0 saturated carbocycles. The molecule has 0 radical (unpaired) electrons. The summed E-state index contributed by atoms with van der Waals surface area (Å²) in [5, 5.41) is 6.54. The van der Waals surface area contributed by atoms with Gasteiger partial charge in [0.05, 0.1) is 12.5 Å². The van der Waals surface area contributed by atoms with Crippen LogP contribution >= 0.6 is 11.6 Å². The average Bonchev–Trinajstić information content (AvgIpc) is 2.61. The minimum atomic E-state index is -0.385. The third-order valence-electron chi connectivity index (χ3n) is 4.82. The molecule has 0 aliphatic rings. The Balaban J connectivity index is 1.99. The van der Waals surface area contributed by atoms with E-state index in [2.05, 4.69) is 36.6 Å². The zero-order chi connectivity index (χ0) is 20.7. The van der Waals surface area contributed by atoms with Crippen molar-refractivity contribution in [2.45, 2.75) is 58.0 Å². The van der Waals surface area contributed by atoms with Crippen LogP contribution in [0.3, 0.4) is 0 Å². The van der Waals surface area contributed by atoms with Gasteiger partial charge in [-0.1, -0.05) is 67.9 Å². The van der Waals surface area contributed by atoms with Crippen molar-refractivity contribution in [3.63, 3.8) is 0 Å². The van der Waals surface area contributed by atoms with Crippen LogP contribution < -0.4 is 10.6 Å². The molecule has 0 spiro atoms. The van der Waals surface area contributed by atoms with E-state index in [1.165, 1.54) is 12.5 Å². The summed E-state index contributed by atoms with van der Waals surface area (Å²) in [6, 6.07) is 17.1. The normalized spacial score (nSPS) is 13.5. The first-order chi connectivity index (χ1) is 13.2. The molecule has 2 aromatic carbocycles. The lowest BCUT2D eigenvalue weighted by atomic mass is 9.79. The molecule has 0 aliphatic carbocycles. The molecule has 2 atom stereocenters. The molecule has 0 bridgehead atoms. The summed E-state index contributed by atoms with van der Waals surface area (Å²) in [5.74, 6) is -0.268. The summed E-state index contributed by atoms with van der Waals surface area (Å²) in [6.45, 7) is 7.82. The van der Waals surface area contributed by atoms with E-state index < -0.39 is 0 Å². The Hall–Kier alpha value is -2.33. The lowest BCUT2D eigenvalue weighted by Gasteiger charge is -2.29. The number of carbonyl (C=O) groups is 2. The fourth-order valence-electron chi connectivity index (χ4n) is 3.54. The van der Waals surface area contributed by atoms with E-state index in [4.69, 9.17) is 11.6 Å². The minimum absolute atomic E-state index is 0.00546. The van der Waals surface area contributed by atoms with Gasteiger partial charge in [-0.15, -0.1) is 0 Å². The predicted octanol–water partition coefficient (Wildman–Crippen LogP) is 4.78. The second-order valence-corrected chi connectivity index (χ2v) is 8.37. The van der Waals surface area contributed by atoms with Crippen LogP contribution in [0, 0.1) is 0 Å². The standard InChI is InChI=1S/C23H29ClN2O2/c1-16(15-23(3,4)19-8-6-5-7-9-19)25-22(28)14-21(26-17(2)27)18-10-12-20(24)13-11-18/h5-13,16,21H,14-15H2,1-4H3,(H,25,28)(H,26,27). The molecule has 0 heterocycles. The van der Waals surface area contributed by atoms with Crippen LogP contribution in [-0.4, -0.2) is 17.9 Å². The Morgan fingerprint density at radius 2 is 1.61 bits per heavy atom. The predicted molar refractivity (Wildman–Crippen MR) is 114 cm³/mol. The first-order valence-corrected chi connectivity index (χ1v) is 9.92. The van der Waals surface area contributed by atoms with Gasteiger partial charge in [0.1, 0.15) is 0 Å². The van der Waals surface area contributed by atoms with Gasteiger partial charge >= 0.3 is 0 Å². The molecule has 2 N–H and O–H groups in total. The fraction of sp³-hybridized carbons (Fsp3) is 0.391. The highest BCUT2D eigenvalue weighted by Crippen LogP contribution is 2.28. The molecule has 4 nitrogen and oxygen atoms in total. The van der Waals surface area contributed by atoms with Gasteiger partial charge in [0.15, 0.2) is 0 Å². The molecule has 150 valence electrons. The zero-order valence-electron chi connectivity index (χ0n) is 17.0. The van der Waals surface area contributed by atoms with Crippen LogP contribution in [0.4, 0.5) is 0 Å². The smallest absolute Gasteiger partial charge is 0.222 e. The Kier molecular flexibility index (Phi) is 7.64. The maximum absolute atomic E-state index is 12.6. The van der Waals surface area contributed by atoms with Gasteiger partial charge in [0, 0.05) is 18.0 Å². The molecule has 28 heavy (non-hydrogen) atoms. The van der Waals surface area contributed by atoms with E-state index in [-0.39, 0.29) is 35.7 Å². The van der Waals surface area contributed by atoms with E-state index in [0.29, 0.717) is 5.02 Å². The van der Waals surface area contributed by atoms with Crippen molar-refractivity contribution in [2.75, 3.05) is 0 Å². The van der Waals surface area contributed by atoms with E-state index in [1.54, 1.807) is 12.1 Å². The molecule has 2 amide bonds. The van der Waals surface area contributed by atoms with Crippen LogP contribution in [-0.2, 0) is 15.0 Å². The van der Waals surface area contributed by atoms with Crippen molar-refractivity contribution < 1.29 is 9.59 Å². The Morgan fingerprint density at radius 1 is 1.00 bits per heavy atom. The Morgan fingerprint density at radius 3 is 2.18 bits per heavy atom. The minimum Gasteiger partial charge on any atom is -0.354 e. The van der Waals surface area contributed by atoms with Gasteiger partial charge in [0.25, 0.3) is 0 Å². The van der Waals surface area contributed by atoms with Crippen molar-refractivity contribution in [1.29, 1.82) is 0 Å². The van der Waals surface area contributed by atoms with Gasteiger partial charge in [-0.3, -0.25) is 9.59 Å². The summed E-state index contributed by atoms with van der Waals surface area (Å²) in [5.41, 5.74) is 2.04. The highest BCUT2D eigenvalue weighted by molar-refractivity contribution is 6.30. The molecular weight excluding hydrogens is 372 g/mol. The highest BCUT2D eigenvalue weighted by Gasteiger charge is 2.25. The van der Waals surface area contributed by atoms with Gasteiger partial charge in [-0.05, 0) is 42.0 Å². The van der Waals surface area contributed by atoms with Crippen LogP contribution in [0.1, 0.15) is 57.7 Å². The van der Waals surface area contributed by atoms with Crippen molar-refractivity contribution in [3.05, 3.63) is 70.7 Å². The van der Waals surface area contributed by atoms with Crippen LogP contribution in [0.5, 0.6) is 0 Å². The molecular formula is C23H29ClN2O2. The molecule has 2 unspecified atom stereocenters. The first kappa shape index (κ1) is 22.0. The molecule has 2 rings (SSSR count). The summed E-state index contributed by atoms with van der Waals surface area (Å²) in [7, 11) is 0. The molecule has 5 heteroatoms. The summed E-state index contributed by atoms with van der Waals surface area (Å²) in [6.07, 6.45) is 0.992. The highest BCUT2D eigenvalue weighted by atomic mass is 35.5. The quantitative estimate of drug-likeness (QED) is 0.669. The van der Waals surface area contributed by atoms with Crippen LogP contribution in [0.15, 0.2) is 54.6 Å². The topological polar surface area (TPSA) is 58.2 Å². The number of rotatable bonds is 8. The second kappa shape index (κ2) is 9.74. The van der Waals surface area contributed by atoms with Crippen molar-refractivity contribution in [1.82, 2.24) is 10.6 Å². The number of hydrogen-bond acceptors (Lipinski definition) is 2. The van der Waals surface area contributed by atoms with Crippen molar-refractivity contribution in [3.8, 4) is 0 Å². The van der Waals surface area contributed by atoms with Crippen molar-refractivity contribution >= 4 is 23.4 Å². The third-order valence-corrected chi connectivity index (χ3v) is 5.07. The second-order valence-electron chi connectivity index (χ2n) is 7.93. The number of nitrogens with one attached hydrogen (secondary N) is 2. The summed E-state index contributed by atoms with van der Waals surface area (Å²) in [4.78, 5) is 24.2. The summed E-state index contributed by atoms with van der Waals surface area (Å²) >= 11 is 5.94. The summed E-state index contributed by atoms with van der Waals surface area (Å²) < 4.78 is 0. The van der Waals surface area contributed by atoms with E-state index in [1.807, 2.05) is 37.3 Å². The average molecular weight is 401 g/mol. The van der Waals surface area contributed by atoms with Gasteiger partial charge in [0.2, 0.25) is 11.8 Å². The number of carbonyl (C=O) groups excluding carboxylic acids is 2. The maximum Gasteiger partial charge on any atom is 0.222 e. The molecule has 0 aliphatic heterocycles. The number of halogens is 1. The van der Waals surface area contributed by atoms with Crippen molar-refractivity contribution in [2.24, 2.45) is 0 Å². The van der Waals surface area contributed by atoms with E-state index in [0.717, 1.165) is 12.0 Å². The largest absolute Gasteiger partial charge is 0.354 e. The number of hydrogen-bond donors (Lipinski definition) is 2. The van der Waals surface area contributed by atoms with Crippen LogP contribution in [0.25, 0.3) is 0 Å². The number of benzene rings is 2. The van der Waals surface area contributed by atoms with Gasteiger partial charge in [-0.25, -0.2) is 0 Å². The van der Waals surface area contributed by atoms with Gasteiger partial charge in [-0.2, -0.15) is 0 Å². The monoisotopic (exact) mass is 400 g/mol. The molecule has 0 saturated heterocycles. The Bertz CT molecular complexity index is 788. The SMILES string of the molecule is CC(=O)NC(CC(=O)NC(C)CC(C)(C)c1ccccc1)c1ccc(Cl)cc1. The first-order valence-electron chi connectivity index (χ1n) is 9.55. The van der Waals surface area contributed by atoms with Crippen LogP contribution in [0.2, 0.25) is 5.02 Å². The third kappa shape index (κ3) is 6.68. The molecule has 0 fully saturated rings. The molecule has 2 aromatic rings. The zero-order valence-corrected chi connectivity index (χ0v) is 17.7. The van der Waals surface area contributed by atoms with Gasteiger partial charge < -0.3 is 10.6 Å². The lowest BCUT2D eigenvalue weighted by molar-refractivity contribution is -0.123.